The van der Waals surface area contributed by atoms with Crippen LogP contribution in [-0.4, -0.2) is 5.78 Å². The molecule has 0 aromatic carbocycles. The highest BCUT2D eigenvalue weighted by Crippen LogP contribution is 2.05. The summed E-state index contributed by atoms with van der Waals surface area (Å²) in [5.74, 6) is 0.178. The van der Waals surface area contributed by atoms with E-state index in [0.29, 0.717) is 6.42 Å². The Morgan fingerprint density at radius 1 is 1.70 bits per heavy atom. The van der Waals surface area contributed by atoms with E-state index < -0.39 is 0 Å². The molecule has 0 bridgehead atoms. The van der Waals surface area contributed by atoms with E-state index in [2.05, 4.69) is 6.08 Å². The van der Waals surface area contributed by atoms with E-state index in [1.165, 1.54) is 0 Å². The summed E-state index contributed by atoms with van der Waals surface area (Å²) in [4.78, 5) is 11.0. The fourth-order valence-corrected chi connectivity index (χ4v) is 0.771. The quantitative estimate of drug-likeness (QED) is 0.525. The Morgan fingerprint density at radius 2 is 2.50 bits per heavy atom. The summed E-state index contributed by atoms with van der Waals surface area (Å²) in [6.45, 7) is 1.86. The van der Waals surface area contributed by atoms with Gasteiger partial charge in [0.15, 0.2) is 0 Å². The Morgan fingerprint density at radius 3 is 3.00 bits per heavy atom. The van der Waals surface area contributed by atoms with Crippen LogP contribution in [0.5, 0.6) is 0 Å². The molecule has 0 atom stereocenters. The van der Waals surface area contributed by atoms with Gasteiger partial charge in [-0.15, -0.1) is 0 Å². The molecular formula is C9H9O+. The smallest absolute Gasteiger partial charge is 0.218 e. The van der Waals surface area contributed by atoms with E-state index in [-0.39, 0.29) is 5.78 Å². The molecule has 0 fully saturated rings. The maximum absolute atomic E-state index is 11.0. The van der Waals surface area contributed by atoms with Gasteiger partial charge in [-0.3, -0.25) is 4.79 Å². The maximum Gasteiger partial charge on any atom is 0.218 e. The molecule has 10 heavy (non-hydrogen) atoms. The number of Topliss-reactive ketones (excluding diaryl/α,β-unsaturated/α-hetero) is 1. The van der Waals surface area contributed by atoms with Crippen molar-refractivity contribution in [1.82, 2.24) is 0 Å². The summed E-state index contributed by atoms with van der Waals surface area (Å²) < 4.78 is 0. The zero-order valence-electron chi connectivity index (χ0n) is 5.92. The first-order valence-electron chi connectivity index (χ1n) is 3.34. The van der Waals surface area contributed by atoms with Crippen molar-refractivity contribution in [2.24, 2.45) is 0 Å². The van der Waals surface area contributed by atoms with Crippen molar-refractivity contribution >= 4 is 5.78 Å². The van der Waals surface area contributed by atoms with E-state index in [1.54, 1.807) is 12.2 Å². The summed E-state index contributed by atoms with van der Waals surface area (Å²) in [6.07, 6.45) is 10.6. The molecule has 0 spiro atoms. The number of carbonyl (C=O) groups excluding carboxylic acids is 1. The van der Waals surface area contributed by atoms with Gasteiger partial charge in [0.05, 0.1) is 6.08 Å². The number of rotatable bonds is 2. The molecule has 0 unspecified atom stereocenters. The van der Waals surface area contributed by atoms with Crippen molar-refractivity contribution < 1.29 is 4.79 Å². The van der Waals surface area contributed by atoms with Gasteiger partial charge in [-0.2, -0.15) is 0 Å². The van der Waals surface area contributed by atoms with Crippen molar-refractivity contribution in [3.8, 4) is 0 Å². The maximum atomic E-state index is 11.0. The molecule has 0 saturated carbocycles. The van der Waals surface area contributed by atoms with E-state index in [9.17, 15) is 4.79 Å². The van der Waals surface area contributed by atoms with Gasteiger partial charge >= 0.3 is 0 Å². The Bertz CT molecular complexity index is 219. The highest BCUT2D eigenvalue weighted by molar-refractivity contribution is 5.98. The molecule has 1 heteroatoms. The van der Waals surface area contributed by atoms with E-state index in [0.717, 1.165) is 5.57 Å². The van der Waals surface area contributed by atoms with Gasteiger partial charge in [0.2, 0.25) is 5.78 Å². The second-order valence-corrected chi connectivity index (χ2v) is 2.07. The van der Waals surface area contributed by atoms with Gasteiger partial charge in [0, 0.05) is 18.6 Å². The predicted octanol–water partition coefficient (Wildman–Crippen LogP) is 1.82. The molecule has 1 nitrogen and oxygen atoms in total. The Hall–Kier alpha value is -1.20. The van der Waals surface area contributed by atoms with Gasteiger partial charge < -0.3 is 0 Å². The molecule has 1 aliphatic rings. The van der Waals surface area contributed by atoms with Crippen molar-refractivity contribution in [2.45, 2.75) is 13.3 Å². The lowest BCUT2D eigenvalue weighted by Gasteiger charge is -1.89. The van der Waals surface area contributed by atoms with Crippen molar-refractivity contribution in [2.75, 3.05) is 0 Å². The van der Waals surface area contributed by atoms with Gasteiger partial charge in [-0.1, -0.05) is 6.92 Å². The van der Waals surface area contributed by atoms with Crippen molar-refractivity contribution in [3.05, 3.63) is 36.0 Å². The minimum atomic E-state index is 0.178. The van der Waals surface area contributed by atoms with Crippen LogP contribution in [0.2, 0.25) is 0 Å². The molecule has 1 rings (SSSR count). The first-order chi connectivity index (χ1) is 4.84. The minimum absolute atomic E-state index is 0.178. The summed E-state index contributed by atoms with van der Waals surface area (Å²) in [6, 6.07) is 0. The largest absolute Gasteiger partial charge is 0.278 e. The van der Waals surface area contributed by atoms with Gasteiger partial charge in [0.25, 0.3) is 0 Å². The third-order valence-corrected chi connectivity index (χ3v) is 1.35. The summed E-state index contributed by atoms with van der Waals surface area (Å²) in [5, 5.41) is 0. The van der Waals surface area contributed by atoms with E-state index in [4.69, 9.17) is 0 Å². The van der Waals surface area contributed by atoms with Crippen molar-refractivity contribution in [1.29, 1.82) is 0 Å². The number of hydrogen-bond donors (Lipinski definition) is 0. The number of hydrogen-bond acceptors (Lipinski definition) is 1. The second-order valence-electron chi connectivity index (χ2n) is 2.07. The van der Waals surface area contributed by atoms with Crippen LogP contribution in [0, 0.1) is 6.08 Å². The van der Waals surface area contributed by atoms with Crippen LogP contribution in [0.15, 0.2) is 29.9 Å². The monoisotopic (exact) mass is 133 g/mol. The topological polar surface area (TPSA) is 17.1 Å². The number of ketones is 1. The predicted molar refractivity (Wildman–Crippen MR) is 40.3 cm³/mol. The molecule has 0 N–H and O–H groups in total. The lowest BCUT2D eigenvalue weighted by molar-refractivity contribution is -0.114. The zero-order valence-corrected chi connectivity index (χ0v) is 5.92. The Labute approximate surface area is 60.7 Å². The van der Waals surface area contributed by atoms with Gasteiger partial charge in [0.1, 0.15) is 17.7 Å². The fourth-order valence-electron chi connectivity index (χ4n) is 0.771. The normalized spacial score (nSPS) is 14.3. The SMILES string of the molecule is CCC(=O)C1=CC=C[C+]=C1. The lowest BCUT2D eigenvalue weighted by atomic mass is 10.1. The van der Waals surface area contributed by atoms with Gasteiger partial charge in [-0.05, 0) is 0 Å². The van der Waals surface area contributed by atoms with Crippen LogP contribution in [-0.2, 0) is 4.79 Å². The average Bonchev–Trinajstić information content (AvgIpc) is 2.05. The third-order valence-electron chi connectivity index (χ3n) is 1.35. The highest BCUT2D eigenvalue weighted by Gasteiger charge is 2.10. The minimum Gasteiger partial charge on any atom is -0.278 e. The molecule has 0 amide bonds. The van der Waals surface area contributed by atoms with Crippen LogP contribution >= 0.6 is 0 Å². The van der Waals surface area contributed by atoms with Crippen LogP contribution < -0.4 is 0 Å². The van der Waals surface area contributed by atoms with E-state index >= 15 is 0 Å². The van der Waals surface area contributed by atoms with Crippen LogP contribution in [0.1, 0.15) is 13.3 Å². The second kappa shape index (κ2) is 3.09. The average molecular weight is 133 g/mol. The molecule has 0 aromatic heterocycles. The third kappa shape index (κ3) is 1.40. The molecule has 0 aliphatic heterocycles. The zero-order chi connectivity index (χ0) is 7.40. The molecular weight excluding hydrogens is 124 g/mol. The summed E-state index contributed by atoms with van der Waals surface area (Å²) in [5.41, 5.74) is 0.755. The molecule has 0 heterocycles. The summed E-state index contributed by atoms with van der Waals surface area (Å²) in [7, 11) is 0. The number of carbonyl (C=O) groups is 1. The van der Waals surface area contributed by atoms with Gasteiger partial charge in [-0.25, -0.2) is 0 Å². The van der Waals surface area contributed by atoms with Crippen molar-refractivity contribution in [3.63, 3.8) is 0 Å². The Balaban J connectivity index is 2.74. The molecule has 0 saturated heterocycles. The van der Waals surface area contributed by atoms with Crippen LogP contribution in [0.3, 0.4) is 0 Å². The summed E-state index contributed by atoms with van der Waals surface area (Å²) >= 11 is 0. The lowest BCUT2D eigenvalue weighted by Crippen LogP contribution is -1.98. The van der Waals surface area contributed by atoms with E-state index in [1.807, 2.05) is 19.1 Å². The first-order valence-corrected chi connectivity index (χ1v) is 3.34. The Kier molecular flexibility index (Phi) is 2.14. The highest BCUT2D eigenvalue weighted by atomic mass is 16.1. The first kappa shape index (κ1) is 6.91. The molecule has 0 aromatic rings. The molecule has 0 radical (unpaired) electrons. The van der Waals surface area contributed by atoms with Crippen LogP contribution in [0.25, 0.3) is 0 Å². The number of allylic oxidation sites excluding steroid dienone is 6. The molecule has 50 valence electrons. The fraction of sp³-hybridized carbons (Fsp3) is 0.222. The molecule has 1 aliphatic carbocycles. The standard InChI is InChI=1S/C9H9O/c1-2-9(10)8-6-4-3-5-7-8/h3-4,6-7H,2H2,1H3/q+1. The van der Waals surface area contributed by atoms with Crippen LogP contribution in [0.4, 0.5) is 0 Å².